The lowest BCUT2D eigenvalue weighted by molar-refractivity contribution is 0.318. The average molecular weight is 155 g/mol. The number of fused-ring (bicyclic) bond motifs is 2. The maximum absolute atomic E-state index is 3.55. The molecule has 2 bridgehead atoms. The van der Waals surface area contributed by atoms with Crippen molar-refractivity contribution >= 4 is 0 Å². The molecule has 1 saturated heterocycles. The highest BCUT2D eigenvalue weighted by molar-refractivity contribution is 4.88. The van der Waals surface area contributed by atoms with Crippen molar-refractivity contribution < 1.29 is 0 Å². The first-order valence-corrected chi connectivity index (χ1v) is 5.08. The second-order valence-corrected chi connectivity index (χ2v) is 3.78. The van der Waals surface area contributed by atoms with Crippen LogP contribution in [-0.2, 0) is 0 Å². The van der Waals surface area contributed by atoms with E-state index in [0.29, 0.717) is 0 Å². The van der Waals surface area contributed by atoms with Crippen LogP contribution in [0.15, 0.2) is 0 Å². The van der Waals surface area contributed by atoms with E-state index < -0.39 is 0 Å². The fourth-order valence-corrected chi connectivity index (χ4v) is 2.41. The summed E-state index contributed by atoms with van der Waals surface area (Å²) in [5, 5.41) is 3.55. The smallest absolute Gasteiger partial charge is 0.00728 e. The van der Waals surface area contributed by atoms with Gasteiger partial charge >= 0.3 is 0 Å². The van der Waals surface area contributed by atoms with Crippen LogP contribution in [0.4, 0.5) is 0 Å². The summed E-state index contributed by atoms with van der Waals surface area (Å²) >= 11 is 0. The van der Waals surface area contributed by atoms with Crippen LogP contribution in [0.5, 0.6) is 0 Å². The molecule has 3 atom stereocenters. The predicted octanol–water partition coefficient (Wildman–Crippen LogP) is 2.42. The third kappa shape index (κ3) is 2.19. The standard InChI is InChI=1S/C8H15N.C2H6/c1-6-2-7-4-8(3-6)9-5-7;1-2/h6-9H,2-5H2,1H3;1-2H3. The van der Waals surface area contributed by atoms with E-state index in [1.165, 1.54) is 25.8 Å². The number of hydrogen-bond acceptors (Lipinski definition) is 1. The Morgan fingerprint density at radius 3 is 2.45 bits per heavy atom. The minimum atomic E-state index is 0.888. The first kappa shape index (κ1) is 9.05. The van der Waals surface area contributed by atoms with Gasteiger partial charge in [0, 0.05) is 6.04 Å². The van der Waals surface area contributed by atoms with E-state index in [2.05, 4.69) is 12.2 Å². The fourth-order valence-electron chi connectivity index (χ4n) is 2.41. The van der Waals surface area contributed by atoms with Gasteiger partial charge in [0.05, 0.1) is 0 Å². The largest absolute Gasteiger partial charge is 0.314 e. The van der Waals surface area contributed by atoms with Crippen LogP contribution in [-0.4, -0.2) is 12.6 Å². The molecule has 0 radical (unpaired) electrons. The molecule has 1 nitrogen and oxygen atoms in total. The van der Waals surface area contributed by atoms with Crippen molar-refractivity contribution in [2.24, 2.45) is 11.8 Å². The zero-order chi connectivity index (χ0) is 8.27. The summed E-state index contributed by atoms with van der Waals surface area (Å²) in [6.07, 6.45) is 4.37. The van der Waals surface area contributed by atoms with Gasteiger partial charge in [0.2, 0.25) is 0 Å². The van der Waals surface area contributed by atoms with Gasteiger partial charge in [-0.3, -0.25) is 0 Å². The highest BCUT2D eigenvalue weighted by Crippen LogP contribution is 2.32. The molecular formula is C10H21N. The topological polar surface area (TPSA) is 12.0 Å². The van der Waals surface area contributed by atoms with Gasteiger partial charge in [-0.15, -0.1) is 0 Å². The summed E-state index contributed by atoms with van der Waals surface area (Å²) in [6.45, 7) is 7.68. The van der Waals surface area contributed by atoms with E-state index >= 15 is 0 Å². The molecule has 2 fully saturated rings. The van der Waals surface area contributed by atoms with Crippen molar-refractivity contribution in [3.05, 3.63) is 0 Å². The molecule has 2 rings (SSSR count). The molecule has 1 N–H and O–H groups in total. The Bertz CT molecular complexity index is 99.4. The molecule has 0 aromatic carbocycles. The van der Waals surface area contributed by atoms with Crippen molar-refractivity contribution in [1.29, 1.82) is 0 Å². The van der Waals surface area contributed by atoms with Gasteiger partial charge in [0.25, 0.3) is 0 Å². The molecule has 11 heavy (non-hydrogen) atoms. The summed E-state index contributed by atoms with van der Waals surface area (Å²) in [6, 6.07) is 0.888. The molecule has 1 saturated carbocycles. The van der Waals surface area contributed by atoms with E-state index in [-0.39, 0.29) is 0 Å². The summed E-state index contributed by atoms with van der Waals surface area (Å²) in [4.78, 5) is 0. The van der Waals surface area contributed by atoms with Gasteiger partial charge in [-0.05, 0) is 37.6 Å². The molecule has 66 valence electrons. The van der Waals surface area contributed by atoms with Gasteiger partial charge in [0.15, 0.2) is 0 Å². The Hall–Kier alpha value is -0.0400. The van der Waals surface area contributed by atoms with Crippen molar-refractivity contribution in [1.82, 2.24) is 5.32 Å². The lowest BCUT2D eigenvalue weighted by Gasteiger charge is -2.23. The lowest BCUT2D eigenvalue weighted by Crippen LogP contribution is -2.23. The van der Waals surface area contributed by atoms with Gasteiger partial charge in [-0.1, -0.05) is 20.8 Å². The zero-order valence-corrected chi connectivity index (χ0v) is 8.06. The second kappa shape index (κ2) is 4.10. The second-order valence-electron chi connectivity index (χ2n) is 3.78. The normalized spacial score (nSPS) is 41.2. The maximum atomic E-state index is 3.55. The molecule has 1 heteroatoms. The van der Waals surface area contributed by atoms with Crippen LogP contribution in [0.25, 0.3) is 0 Å². The summed E-state index contributed by atoms with van der Waals surface area (Å²) in [7, 11) is 0. The predicted molar refractivity (Wildman–Crippen MR) is 49.6 cm³/mol. The van der Waals surface area contributed by atoms with Crippen LogP contribution < -0.4 is 5.32 Å². The monoisotopic (exact) mass is 155 g/mol. The van der Waals surface area contributed by atoms with Crippen molar-refractivity contribution in [3.63, 3.8) is 0 Å². The molecule has 1 aliphatic heterocycles. The molecule has 1 aliphatic carbocycles. The zero-order valence-electron chi connectivity index (χ0n) is 8.06. The number of hydrogen-bond donors (Lipinski definition) is 1. The minimum absolute atomic E-state index is 0.888. The van der Waals surface area contributed by atoms with Crippen LogP contribution >= 0.6 is 0 Å². The quantitative estimate of drug-likeness (QED) is 0.566. The van der Waals surface area contributed by atoms with Gasteiger partial charge in [-0.25, -0.2) is 0 Å². The van der Waals surface area contributed by atoms with Crippen LogP contribution in [0.3, 0.4) is 0 Å². The number of rotatable bonds is 0. The molecule has 0 amide bonds. The number of nitrogens with one attached hydrogen (secondary N) is 1. The van der Waals surface area contributed by atoms with Gasteiger partial charge in [0.1, 0.15) is 0 Å². The molecule has 0 spiro atoms. The third-order valence-corrected chi connectivity index (χ3v) is 2.74. The van der Waals surface area contributed by atoms with Gasteiger partial charge in [-0.2, -0.15) is 0 Å². The van der Waals surface area contributed by atoms with Crippen LogP contribution in [0.2, 0.25) is 0 Å². The molecule has 3 unspecified atom stereocenters. The minimum Gasteiger partial charge on any atom is -0.314 e. The van der Waals surface area contributed by atoms with E-state index in [1.54, 1.807) is 0 Å². The Labute approximate surface area is 70.6 Å². The van der Waals surface area contributed by atoms with Crippen molar-refractivity contribution in [2.45, 2.75) is 46.1 Å². The van der Waals surface area contributed by atoms with Crippen LogP contribution in [0.1, 0.15) is 40.0 Å². The molecule has 2 aliphatic rings. The van der Waals surface area contributed by atoms with Crippen LogP contribution in [0, 0.1) is 11.8 Å². The lowest BCUT2D eigenvalue weighted by atomic mass is 9.83. The summed E-state index contributed by atoms with van der Waals surface area (Å²) < 4.78 is 0. The highest BCUT2D eigenvalue weighted by atomic mass is 15.0. The summed E-state index contributed by atoms with van der Waals surface area (Å²) in [5.74, 6) is 2.02. The highest BCUT2D eigenvalue weighted by Gasteiger charge is 2.31. The SMILES string of the molecule is CC.CC1CC2CNC(C1)C2. The van der Waals surface area contributed by atoms with Crippen molar-refractivity contribution in [3.8, 4) is 0 Å². The van der Waals surface area contributed by atoms with E-state index in [4.69, 9.17) is 0 Å². The Kier molecular flexibility index (Phi) is 3.38. The molecule has 0 aromatic rings. The molecule has 0 aromatic heterocycles. The first-order chi connectivity index (χ1) is 5.34. The fraction of sp³-hybridized carbons (Fsp3) is 1.00. The van der Waals surface area contributed by atoms with E-state index in [9.17, 15) is 0 Å². The van der Waals surface area contributed by atoms with E-state index in [1.807, 2.05) is 13.8 Å². The Morgan fingerprint density at radius 2 is 1.82 bits per heavy atom. The molecular weight excluding hydrogens is 134 g/mol. The summed E-state index contributed by atoms with van der Waals surface area (Å²) in [5.41, 5.74) is 0. The third-order valence-electron chi connectivity index (χ3n) is 2.74. The first-order valence-electron chi connectivity index (χ1n) is 5.08. The van der Waals surface area contributed by atoms with E-state index in [0.717, 1.165) is 17.9 Å². The maximum Gasteiger partial charge on any atom is 0.00728 e. The Morgan fingerprint density at radius 1 is 1.09 bits per heavy atom. The average Bonchev–Trinajstić information content (AvgIpc) is 2.35. The van der Waals surface area contributed by atoms with Gasteiger partial charge < -0.3 is 5.32 Å². The van der Waals surface area contributed by atoms with Crippen molar-refractivity contribution in [2.75, 3.05) is 6.54 Å². The molecule has 1 heterocycles. The Balaban J connectivity index is 0.000000281.